The van der Waals surface area contributed by atoms with Crippen LogP contribution in [-0.2, 0) is 20.1 Å². The fourth-order valence-corrected chi connectivity index (χ4v) is 3.83. The lowest BCUT2D eigenvalue weighted by Crippen LogP contribution is -2.27. The lowest BCUT2D eigenvalue weighted by atomic mass is 9.99. The standard InChI is InChI=1S/C23H25N3O3/c1-15(2)11-25-13-19-10-18(8-9-20(19)22(25)28)17-6-4-16(5-7-17)12-26-14-21(27)24(3)23(26)29/h4-10,14-15,27H,11-13H2,1-3H3. The van der Waals surface area contributed by atoms with Gasteiger partial charge in [-0.05, 0) is 40.3 Å². The Morgan fingerprint density at radius 3 is 2.34 bits per heavy atom. The van der Waals surface area contributed by atoms with E-state index < -0.39 is 0 Å². The number of rotatable bonds is 5. The molecule has 0 bridgehead atoms. The first-order valence-electron chi connectivity index (χ1n) is 9.80. The second kappa shape index (κ2) is 7.28. The molecule has 0 unspecified atom stereocenters. The number of carbonyl (C=O) groups excluding carboxylic acids is 1. The van der Waals surface area contributed by atoms with Crippen LogP contribution in [0.25, 0.3) is 11.1 Å². The van der Waals surface area contributed by atoms with Gasteiger partial charge in [-0.2, -0.15) is 0 Å². The van der Waals surface area contributed by atoms with E-state index in [0.29, 0.717) is 19.0 Å². The maximum Gasteiger partial charge on any atom is 0.331 e. The first-order valence-corrected chi connectivity index (χ1v) is 9.80. The van der Waals surface area contributed by atoms with Gasteiger partial charge in [-0.25, -0.2) is 4.79 Å². The summed E-state index contributed by atoms with van der Waals surface area (Å²) in [4.78, 5) is 26.5. The summed E-state index contributed by atoms with van der Waals surface area (Å²) in [5.41, 5.74) is 4.73. The molecule has 3 aromatic rings. The average molecular weight is 391 g/mol. The molecule has 29 heavy (non-hydrogen) atoms. The molecule has 0 fully saturated rings. The van der Waals surface area contributed by atoms with E-state index in [1.165, 1.54) is 22.4 Å². The van der Waals surface area contributed by atoms with Crippen molar-refractivity contribution < 1.29 is 9.90 Å². The lowest BCUT2D eigenvalue weighted by molar-refractivity contribution is 0.0760. The maximum atomic E-state index is 12.5. The number of amides is 1. The topological polar surface area (TPSA) is 67.5 Å². The van der Waals surface area contributed by atoms with Crippen LogP contribution in [0.4, 0.5) is 0 Å². The number of benzene rings is 2. The predicted molar refractivity (Wildman–Crippen MR) is 112 cm³/mol. The van der Waals surface area contributed by atoms with Crippen molar-refractivity contribution in [3.63, 3.8) is 0 Å². The Kier molecular flexibility index (Phi) is 4.78. The fraction of sp³-hybridized carbons (Fsp3) is 0.304. The number of imidazole rings is 1. The van der Waals surface area contributed by atoms with Crippen LogP contribution in [0.15, 0.2) is 53.5 Å². The van der Waals surface area contributed by atoms with E-state index in [-0.39, 0.29) is 17.5 Å². The highest BCUT2D eigenvalue weighted by Crippen LogP contribution is 2.29. The van der Waals surface area contributed by atoms with Crippen LogP contribution in [0, 0.1) is 5.92 Å². The van der Waals surface area contributed by atoms with E-state index in [0.717, 1.165) is 34.4 Å². The monoisotopic (exact) mass is 391 g/mol. The molecule has 150 valence electrons. The highest BCUT2D eigenvalue weighted by molar-refractivity contribution is 5.99. The van der Waals surface area contributed by atoms with E-state index in [9.17, 15) is 14.7 Å². The number of hydrogen-bond acceptors (Lipinski definition) is 3. The normalized spacial score (nSPS) is 13.4. The van der Waals surface area contributed by atoms with Crippen LogP contribution in [0.2, 0.25) is 0 Å². The summed E-state index contributed by atoms with van der Waals surface area (Å²) >= 11 is 0. The van der Waals surface area contributed by atoms with Crippen LogP contribution in [-0.4, -0.2) is 31.6 Å². The number of nitrogens with zero attached hydrogens (tertiary/aromatic N) is 3. The SMILES string of the molecule is CC(C)CN1Cc2cc(-c3ccc(Cn4cc(O)n(C)c4=O)cc3)ccc2C1=O. The molecule has 1 aliphatic heterocycles. The first-order chi connectivity index (χ1) is 13.8. The van der Waals surface area contributed by atoms with Crippen molar-refractivity contribution in [2.24, 2.45) is 13.0 Å². The summed E-state index contributed by atoms with van der Waals surface area (Å²) in [5, 5.41) is 9.67. The largest absolute Gasteiger partial charge is 0.493 e. The molecule has 0 saturated heterocycles. The van der Waals surface area contributed by atoms with Crippen molar-refractivity contribution in [2.75, 3.05) is 6.54 Å². The predicted octanol–water partition coefficient (Wildman–Crippen LogP) is 3.22. The zero-order chi connectivity index (χ0) is 20.7. The van der Waals surface area contributed by atoms with Gasteiger partial charge in [0.25, 0.3) is 5.91 Å². The van der Waals surface area contributed by atoms with Crippen LogP contribution < -0.4 is 5.69 Å². The molecule has 4 rings (SSSR count). The Morgan fingerprint density at radius 1 is 1.03 bits per heavy atom. The molecular weight excluding hydrogens is 366 g/mol. The number of fused-ring (bicyclic) bond motifs is 1. The van der Waals surface area contributed by atoms with Gasteiger partial charge in [0.1, 0.15) is 0 Å². The molecule has 0 spiro atoms. The molecule has 1 amide bonds. The Hall–Kier alpha value is -3.28. The molecule has 6 heteroatoms. The number of hydrogen-bond donors (Lipinski definition) is 1. The molecule has 1 aromatic heterocycles. The molecule has 2 aromatic carbocycles. The Balaban J connectivity index is 1.54. The van der Waals surface area contributed by atoms with Crippen molar-refractivity contribution in [1.82, 2.24) is 14.0 Å². The minimum Gasteiger partial charge on any atom is -0.493 e. The van der Waals surface area contributed by atoms with E-state index in [1.807, 2.05) is 41.3 Å². The Morgan fingerprint density at radius 2 is 1.72 bits per heavy atom. The average Bonchev–Trinajstić information content (AvgIpc) is 3.12. The summed E-state index contributed by atoms with van der Waals surface area (Å²) < 4.78 is 2.69. The third-order valence-electron chi connectivity index (χ3n) is 5.36. The number of carbonyl (C=O) groups is 1. The Labute approximate surface area is 169 Å². The summed E-state index contributed by atoms with van der Waals surface area (Å²) in [5.74, 6) is 0.511. The van der Waals surface area contributed by atoms with E-state index in [1.54, 1.807) is 0 Å². The molecule has 0 atom stereocenters. The van der Waals surface area contributed by atoms with Crippen LogP contribution in [0.3, 0.4) is 0 Å². The van der Waals surface area contributed by atoms with Crippen LogP contribution in [0.5, 0.6) is 5.88 Å². The quantitative estimate of drug-likeness (QED) is 0.726. The van der Waals surface area contributed by atoms with Crippen LogP contribution >= 0.6 is 0 Å². The second-order valence-corrected chi connectivity index (χ2v) is 8.11. The van der Waals surface area contributed by atoms with Crippen molar-refractivity contribution in [3.8, 4) is 17.0 Å². The summed E-state index contributed by atoms with van der Waals surface area (Å²) in [6.07, 6.45) is 1.44. The van der Waals surface area contributed by atoms with Crippen molar-refractivity contribution in [1.29, 1.82) is 0 Å². The van der Waals surface area contributed by atoms with E-state index in [2.05, 4.69) is 19.9 Å². The third kappa shape index (κ3) is 3.58. The zero-order valence-electron chi connectivity index (χ0n) is 16.9. The van der Waals surface area contributed by atoms with E-state index in [4.69, 9.17) is 0 Å². The second-order valence-electron chi connectivity index (χ2n) is 8.11. The van der Waals surface area contributed by atoms with Crippen molar-refractivity contribution in [2.45, 2.75) is 26.9 Å². The van der Waals surface area contributed by atoms with Crippen molar-refractivity contribution in [3.05, 3.63) is 75.8 Å². The minimum atomic E-state index is -0.249. The first kappa shape index (κ1) is 19.1. The molecule has 0 radical (unpaired) electrons. The van der Waals surface area contributed by atoms with Gasteiger partial charge in [-0.1, -0.05) is 44.2 Å². The summed E-state index contributed by atoms with van der Waals surface area (Å²) in [6, 6.07) is 14.0. The van der Waals surface area contributed by atoms with Gasteiger partial charge >= 0.3 is 5.69 Å². The lowest BCUT2D eigenvalue weighted by Gasteiger charge is -2.17. The highest BCUT2D eigenvalue weighted by Gasteiger charge is 2.27. The van der Waals surface area contributed by atoms with Gasteiger partial charge < -0.3 is 10.0 Å². The summed E-state index contributed by atoms with van der Waals surface area (Å²) in [7, 11) is 1.54. The number of aromatic hydroxyl groups is 1. The zero-order valence-corrected chi connectivity index (χ0v) is 16.9. The minimum absolute atomic E-state index is 0.0502. The fourth-order valence-electron chi connectivity index (χ4n) is 3.83. The van der Waals surface area contributed by atoms with Gasteiger partial charge in [0, 0.05) is 25.7 Å². The maximum absolute atomic E-state index is 12.5. The molecule has 0 aliphatic carbocycles. The third-order valence-corrected chi connectivity index (χ3v) is 5.36. The van der Waals surface area contributed by atoms with Crippen LogP contribution in [0.1, 0.15) is 35.3 Å². The molecule has 2 heterocycles. The summed E-state index contributed by atoms with van der Waals surface area (Å²) in [6.45, 7) is 6.07. The smallest absolute Gasteiger partial charge is 0.331 e. The number of aromatic nitrogens is 2. The molecular formula is C23H25N3O3. The van der Waals surface area contributed by atoms with Gasteiger partial charge in [0.15, 0.2) is 0 Å². The highest BCUT2D eigenvalue weighted by atomic mass is 16.3. The molecule has 6 nitrogen and oxygen atoms in total. The van der Waals surface area contributed by atoms with Gasteiger partial charge in [-0.15, -0.1) is 0 Å². The van der Waals surface area contributed by atoms with E-state index >= 15 is 0 Å². The molecule has 1 N–H and O–H groups in total. The van der Waals surface area contributed by atoms with Gasteiger partial charge in [0.05, 0.1) is 12.7 Å². The molecule has 0 saturated carbocycles. The van der Waals surface area contributed by atoms with Gasteiger partial charge in [-0.3, -0.25) is 13.9 Å². The van der Waals surface area contributed by atoms with Gasteiger partial charge in [0.2, 0.25) is 5.88 Å². The van der Waals surface area contributed by atoms with Crippen molar-refractivity contribution >= 4 is 5.91 Å². The Bertz CT molecular complexity index is 1120. The molecule has 1 aliphatic rings.